The number of hydrogen-bond donors (Lipinski definition) is 0. The fourth-order valence-corrected chi connectivity index (χ4v) is 2.05. The second-order valence-electron chi connectivity index (χ2n) is 4.00. The Hall–Kier alpha value is -1.95. The molecular weight excluding hydrogens is 202 g/mol. The molecular formula is C13H11NO2. The van der Waals surface area contributed by atoms with Gasteiger partial charge in [-0.1, -0.05) is 18.2 Å². The van der Waals surface area contributed by atoms with Crippen molar-refractivity contribution in [3.05, 3.63) is 35.4 Å². The molecule has 2 rings (SSSR count). The van der Waals surface area contributed by atoms with Gasteiger partial charge in [0.15, 0.2) is 5.78 Å². The number of hydrogen-bond acceptors (Lipinski definition) is 3. The molecule has 0 radical (unpaired) electrons. The lowest BCUT2D eigenvalue weighted by molar-refractivity contribution is -0.117. The van der Waals surface area contributed by atoms with Crippen molar-refractivity contribution in [1.29, 1.82) is 5.26 Å². The van der Waals surface area contributed by atoms with E-state index in [1.807, 2.05) is 6.07 Å². The third-order valence-corrected chi connectivity index (χ3v) is 2.93. The maximum atomic E-state index is 12.1. The van der Waals surface area contributed by atoms with Gasteiger partial charge in [0.1, 0.15) is 5.78 Å². The summed E-state index contributed by atoms with van der Waals surface area (Å²) in [5.74, 6) is -0.141. The molecule has 0 N–H and O–H groups in total. The quantitative estimate of drug-likeness (QED) is 0.707. The van der Waals surface area contributed by atoms with E-state index in [1.165, 1.54) is 0 Å². The first-order chi connectivity index (χ1) is 7.72. The summed E-state index contributed by atoms with van der Waals surface area (Å²) in [6.07, 6.45) is 1.45. The second-order valence-corrected chi connectivity index (χ2v) is 4.00. The first-order valence-electron chi connectivity index (χ1n) is 5.27. The van der Waals surface area contributed by atoms with Crippen LogP contribution in [0.2, 0.25) is 0 Å². The van der Waals surface area contributed by atoms with Crippen LogP contribution in [0.25, 0.3) is 0 Å². The summed E-state index contributed by atoms with van der Waals surface area (Å²) in [6, 6.07) is 8.76. The topological polar surface area (TPSA) is 57.9 Å². The summed E-state index contributed by atoms with van der Waals surface area (Å²) in [7, 11) is 0. The van der Waals surface area contributed by atoms with Crippen LogP contribution in [-0.4, -0.2) is 11.6 Å². The number of carbonyl (C=O) groups is 2. The number of rotatable bonds is 2. The molecule has 0 amide bonds. The summed E-state index contributed by atoms with van der Waals surface area (Å²) in [4.78, 5) is 23.2. The molecule has 1 fully saturated rings. The normalized spacial score (nSPS) is 19.4. The highest BCUT2D eigenvalue weighted by Gasteiger charge is 2.29. The number of nitrogens with zero attached hydrogens (tertiary/aromatic N) is 1. The molecule has 1 atom stereocenters. The molecule has 80 valence electrons. The van der Waals surface area contributed by atoms with Crippen molar-refractivity contribution in [3.8, 4) is 6.07 Å². The Balaban J connectivity index is 2.28. The van der Waals surface area contributed by atoms with E-state index in [-0.39, 0.29) is 17.5 Å². The maximum Gasteiger partial charge on any atom is 0.167 e. The fourth-order valence-electron chi connectivity index (χ4n) is 2.05. The van der Waals surface area contributed by atoms with Gasteiger partial charge in [0, 0.05) is 24.3 Å². The van der Waals surface area contributed by atoms with Crippen LogP contribution in [0.1, 0.15) is 35.2 Å². The molecule has 0 aliphatic heterocycles. The zero-order valence-electron chi connectivity index (χ0n) is 8.77. The van der Waals surface area contributed by atoms with E-state index in [1.54, 1.807) is 24.3 Å². The van der Waals surface area contributed by atoms with Gasteiger partial charge < -0.3 is 0 Å². The molecule has 3 nitrogen and oxygen atoms in total. The summed E-state index contributed by atoms with van der Waals surface area (Å²) in [6.45, 7) is 0. The van der Waals surface area contributed by atoms with Crippen LogP contribution in [0.15, 0.2) is 24.3 Å². The van der Waals surface area contributed by atoms with Gasteiger partial charge in [-0.25, -0.2) is 0 Å². The highest BCUT2D eigenvalue weighted by atomic mass is 16.1. The summed E-state index contributed by atoms with van der Waals surface area (Å²) < 4.78 is 0. The van der Waals surface area contributed by atoms with Crippen LogP contribution in [0.3, 0.4) is 0 Å². The van der Waals surface area contributed by atoms with Gasteiger partial charge in [0.2, 0.25) is 0 Å². The van der Waals surface area contributed by atoms with Gasteiger partial charge in [0.25, 0.3) is 0 Å². The van der Waals surface area contributed by atoms with Crippen molar-refractivity contribution >= 4 is 11.6 Å². The van der Waals surface area contributed by atoms with Gasteiger partial charge in [0.05, 0.1) is 11.6 Å². The molecule has 1 aromatic carbocycles. The Labute approximate surface area is 93.7 Å². The SMILES string of the molecule is N#Cc1ccccc1C(=O)C1CCC(=O)C1. The van der Waals surface area contributed by atoms with E-state index in [9.17, 15) is 9.59 Å². The molecule has 16 heavy (non-hydrogen) atoms. The van der Waals surface area contributed by atoms with Gasteiger partial charge in [-0.3, -0.25) is 9.59 Å². The van der Waals surface area contributed by atoms with Crippen molar-refractivity contribution in [2.45, 2.75) is 19.3 Å². The van der Waals surface area contributed by atoms with Crippen molar-refractivity contribution < 1.29 is 9.59 Å². The molecule has 0 bridgehead atoms. The minimum absolute atomic E-state index is 0.0667. The zero-order valence-corrected chi connectivity index (χ0v) is 8.77. The Morgan fingerprint density at radius 3 is 2.75 bits per heavy atom. The molecule has 0 spiro atoms. The summed E-state index contributed by atoms with van der Waals surface area (Å²) >= 11 is 0. The number of Topliss-reactive ketones (excluding diaryl/α,β-unsaturated/α-hetero) is 2. The molecule has 1 aliphatic carbocycles. The molecule has 1 aliphatic rings. The largest absolute Gasteiger partial charge is 0.300 e. The molecule has 0 heterocycles. The van der Waals surface area contributed by atoms with E-state index in [4.69, 9.17) is 5.26 Å². The predicted octanol–water partition coefficient (Wildman–Crippen LogP) is 2.11. The molecule has 0 aromatic heterocycles. The standard InChI is InChI=1S/C13H11NO2/c14-8-10-3-1-2-4-12(10)13(16)9-5-6-11(15)7-9/h1-4,9H,5-7H2. The van der Waals surface area contributed by atoms with E-state index in [0.717, 1.165) is 0 Å². The van der Waals surface area contributed by atoms with Crippen LogP contribution in [0, 0.1) is 17.2 Å². The molecule has 0 saturated heterocycles. The van der Waals surface area contributed by atoms with E-state index in [2.05, 4.69) is 0 Å². The van der Waals surface area contributed by atoms with Gasteiger partial charge in [-0.05, 0) is 12.5 Å². The average Bonchev–Trinajstić information content (AvgIpc) is 2.75. The Morgan fingerprint density at radius 2 is 2.12 bits per heavy atom. The second kappa shape index (κ2) is 4.28. The third-order valence-electron chi connectivity index (χ3n) is 2.93. The van der Waals surface area contributed by atoms with Gasteiger partial charge in [-0.15, -0.1) is 0 Å². The molecule has 1 unspecified atom stereocenters. The number of ketones is 2. The minimum Gasteiger partial charge on any atom is -0.300 e. The Bertz CT molecular complexity index is 485. The van der Waals surface area contributed by atoms with Gasteiger partial charge in [-0.2, -0.15) is 5.26 Å². The molecule has 3 heteroatoms. The minimum atomic E-state index is -0.220. The molecule has 1 saturated carbocycles. The van der Waals surface area contributed by atoms with E-state index >= 15 is 0 Å². The Morgan fingerprint density at radius 1 is 1.38 bits per heavy atom. The number of benzene rings is 1. The van der Waals surface area contributed by atoms with Crippen LogP contribution >= 0.6 is 0 Å². The highest BCUT2D eigenvalue weighted by Crippen LogP contribution is 2.26. The average molecular weight is 213 g/mol. The van der Waals surface area contributed by atoms with Crippen molar-refractivity contribution in [2.75, 3.05) is 0 Å². The third kappa shape index (κ3) is 1.87. The highest BCUT2D eigenvalue weighted by molar-refractivity contribution is 6.03. The first kappa shape index (κ1) is 10.6. The lowest BCUT2D eigenvalue weighted by Crippen LogP contribution is -2.13. The first-order valence-corrected chi connectivity index (χ1v) is 5.27. The fraction of sp³-hybridized carbons (Fsp3) is 0.308. The van der Waals surface area contributed by atoms with Crippen molar-refractivity contribution in [1.82, 2.24) is 0 Å². The zero-order chi connectivity index (χ0) is 11.5. The van der Waals surface area contributed by atoms with Crippen molar-refractivity contribution in [2.24, 2.45) is 5.92 Å². The van der Waals surface area contributed by atoms with Crippen molar-refractivity contribution in [3.63, 3.8) is 0 Å². The van der Waals surface area contributed by atoms with Crippen LogP contribution in [0.4, 0.5) is 0 Å². The van der Waals surface area contributed by atoms with E-state index in [0.29, 0.717) is 30.4 Å². The van der Waals surface area contributed by atoms with Crippen LogP contribution in [-0.2, 0) is 4.79 Å². The van der Waals surface area contributed by atoms with Crippen LogP contribution < -0.4 is 0 Å². The Kier molecular flexibility index (Phi) is 2.82. The number of carbonyl (C=O) groups excluding carboxylic acids is 2. The lowest BCUT2D eigenvalue weighted by atomic mass is 9.93. The molecule has 1 aromatic rings. The van der Waals surface area contributed by atoms with E-state index < -0.39 is 0 Å². The summed E-state index contributed by atoms with van der Waals surface area (Å²) in [5.41, 5.74) is 0.844. The lowest BCUT2D eigenvalue weighted by Gasteiger charge is -2.07. The summed E-state index contributed by atoms with van der Waals surface area (Å²) in [5, 5.41) is 8.89. The van der Waals surface area contributed by atoms with Crippen LogP contribution in [0.5, 0.6) is 0 Å². The van der Waals surface area contributed by atoms with Gasteiger partial charge >= 0.3 is 0 Å². The predicted molar refractivity (Wildman–Crippen MR) is 57.8 cm³/mol. The smallest absolute Gasteiger partial charge is 0.167 e. The monoisotopic (exact) mass is 213 g/mol. The number of nitriles is 1. The maximum absolute atomic E-state index is 12.1.